The van der Waals surface area contributed by atoms with Crippen LogP contribution < -0.4 is 5.56 Å². The molecule has 6 heteroatoms. The molecule has 118 valence electrons. The van der Waals surface area contributed by atoms with Crippen molar-refractivity contribution >= 4 is 22.7 Å². The Morgan fingerprint density at radius 2 is 2.23 bits per heavy atom. The van der Waals surface area contributed by atoms with Crippen molar-refractivity contribution < 1.29 is 4.74 Å². The molecule has 0 radical (unpaired) electrons. The zero-order valence-electron chi connectivity index (χ0n) is 13.0. The molecule has 0 bridgehead atoms. The van der Waals surface area contributed by atoms with Crippen molar-refractivity contribution in [3.05, 3.63) is 34.6 Å². The van der Waals surface area contributed by atoms with E-state index in [0.29, 0.717) is 11.5 Å². The maximum absolute atomic E-state index is 12.3. The third kappa shape index (κ3) is 3.34. The van der Waals surface area contributed by atoms with E-state index in [-0.39, 0.29) is 5.56 Å². The van der Waals surface area contributed by atoms with Crippen molar-refractivity contribution in [3.8, 4) is 0 Å². The van der Waals surface area contributed by atoms with Gasteiger partial charge in [-0.2, -0.15) is 0 Å². The molecule has 0 aliphatic carbocycles. The summed E-state index contributed by atoms with van der Waals surface area (Å²) in [7, 11) is 1.79. The zero-order valence-corrected chi connectivity index (χ0v) is 13.8. The Bertz CT molecular complexity index is 716. The fraction of sp³-hybridized carbons (Fsp3) is 0.500. The first-order valence-corrected chi connectivity index (χ1v) is 8.56. The van der Waals surface area contributed by atoms with E-state index in [1.807, 2.05) is 24.3 Å². The van der Waals surface area contributed by atoms with Gasteiger partial charge in [0, 0.05) is 32.4 Å². The first-order valence-electron chi connectivity index (χ1n) is 7.57. The van der Waals surface area contributed by atoms with E-state index in [0.717, 1.165) is 42.7 Å². The highest BCUT2D eigenvalue weighted by molar-refractivity contribution is 7.99. The quantitative estimate of drug-likeness (QED) is 0.635. The monoisotopic (exact) mass is 319 g/mol. The first-order chi connectivity index (χ1) is 10.6. The Hall–Kier alpha value is -1.37. The van der Waals surface area contributed by atoms with E-state index in [2.05, 4.69) is 16.8 Å². The van der Waals surface area contributed by atoms with Crippen molar-refractivity contribution in [2.45, 2.75) is 18.2 Å². The molecule has 2 heterocycles. The van der Waals surface area contributed by atoms with Crippen LogP contribution in [0.4, 0.5) is 0 Å². The van der Waals surface area contributed by atoms with E-state index in [9.17, 15) is 4.79 Å². The number of morpholine rings is 1. The van der Waals surface area contributed by atoms with Crippen LogP contribution in [-0.2, 0) is 11.8 Å². The molecule has 0 N–H and O–H groups in total. The molecular weight excluding hydrogens is 298 g/mol. The molecule has 1 aromatic carbocycles. The van der Waals surface area contributed by atoms with Gasteiger partial charge in [-0.15, -0.1) is 0 Å². The third-order valence-corrected chi connectivity index (χ3v) is 4.92. The van der Waals surface area contributed by atoms with Crippen molar-refractivity contribution in [2.75, 3.05) is 32.0 Å². The van der Waals surface area contributed by atoms with E-state index in [1.54, 1.807) is 23.4 Å². The molecule has 5 nitrogen and oxygen atoms in total. The van der Waals surface area contributed by atoms with Gasteiger partial charge in [-0.05, 0) is 19.1 Å². The Kier molecular flexibility index (Phi) is 4.81. The van der Waals surface area contributed by atoms with Crippen molar-refractivity contribution in [1.82, 2.24) is 14.5 Å². The predicted molar refractivity (Wildman–Crippen MR) is 89.6 cm³/mol. The second-order valence-electron chi connectivity index (χ2n) is 5.61. The summed E-state index contributed by atoms with van der Waals surface area (Å²) in [5.74, 6) is 0.922. The molecule has 22 heavy (non-hydrogen) atoms. The second-order valence-corrected chi connectivity index (χ2v) is 6.67. The number of thioether (sulfide) groups is 1. The van der Waals surface area contributed by atoms with Crippen LogP contribution in [0.1, 0.15) is 6.92 Å². The van der Waals surface area contributed by atoms with Gasteiger partial charge in [0.2, 0.25) is 0 Å². The van der Waals surface area contributed by atoms with Crippen LogP contribution >= 0.6 is 11.8 Å². The summed E-state index contributed by atoms with van der Waals surface area (Å²) in [6, 6.07) is 7.51. The number of hydrogen-bond acceptors (Lipinski definition) is 5. The van der Waals surface area contributed by atoms with E-state index in [4.69, 9.17) is 4.74 Å². The van der Waals surface area contributed by atoms with Crippen molar-refractivity contribution in [3.63, 3.8) is 0 Å². The lowest BCUT2D eigenvalue weighted by Crippen LogP contribution is -2.42. The summed E-state index contributed by atoms with van der Waals surface area (Å²) in [4.78, 5) is 19.4. The minimum absolute atomic E-state index is 0.0214. The van der Waals surface area contributed by atoms with Crippen LogP contribution in [0.3, 0.4) is 0 Å². The van der Waals surface area contributed by atoms with Gasteiger partial charge >= 0.3 is 0 Å². The highest BCUT2D eigenvalue weighted by atomic mass is 32.2. The summed E-state index contributed by atoms with van der Waals surface area (Å²) in [6.45, 7) is 5.85. The van der Waals surface area contributed by atoms with Gasteiger partial charge in [0.25, 0.3) is 5.56 Å². The van der Waals surface area contributed by atoms with E-state index >= 15 is 0 Å². The maximum atomic E-state index is 12.3. The normalized spacial score (nSPS) is 19.6. The van der Waals surface area contributed by atoms with Crippen LogP contribution in [0.15, 0.2) is 34.2 Å². The summed E-state index contributed by atoms with van der Waals surface area (Å²) in [6.07, 6.45) is 0.307. The molecule has 1 aromatic heterocycles. The average Bonchev–Trinajstić information content (AvgIpc) is 2.52. The fourth-order valence-corrected chi connectivity index (χ4v) is 3.66. The molecule has 1 aliphatic heterocycles. The average molecular weight is 319 g/mol. The number of nitrogens with zero attached hydrogens (tertiary/aromatic N) is 3. The van der Waals surface area contributed by atoms with Crippen molar-refractivity contribution in [2.24, 2.45) is 7.05 Å². The molecule has 0 spiro atoms. The topological polar surface area (TPSA) is 47.4 Å². The summed E-state index contributed by atoms with van der Waals surface area (Å²) in [5.41, 5.74) is 0.793. The molecule has 3 rings (SSSR count). The molecule has 1 aliphatic rings. The largest absolute Gasteiger partial charge is 0.376 e. The second kappa shape index (κ2) is 6.81. The lowest BCUT2D eigenvalue weighted by Gasteiger charge is -2.30. The maximum Gasteiger partial charge on any atom is 0.261 e. The Balaban J connectivity index is 1.69. The highest BCUT2D eigenvalue weighted by Gasteiger charge is 2.16. The molecule has 1 unspecified atom stereocenters. The number of para-hydroxylation sites is 1. The van der Waals surface area contributed by atoms with E-state index in [1.165, 1.54) is 0 Å². The fourth-order valence-electron chi connectivity index (χ4n) is 2.69. The van der Waals surface area contributed by atoms with Crippen molar-refractivity contribution in [1.29, 1.82) is 0 Å². The van der Waals surface area contributed by atoms with Crippen LogP contribution in [-0.4, -0.2) is 52.5 Å². The summed E-state index contributed by atoms with van der Waals surface area (Å²) >= 11 is 1.64. The minimum Gasteiger partial charge on any atom is -0.376 e. The number of aromatic nitrogens is 2. The number of ether oxygens (including phenoxy) is 1. The van der Waals surface area contributed by atoms with Gasteiger partial charge < -0.3 is 4.74 Å². The minimum atomic E-state index is 0.0214. The highest BCUT2D eigenvalue weighted by Crippen LogP contribution is 2.17. The van der Waals surface area contributed by atoms with Crippen LogP contribution in [0.25, 0.3) is 10.9 Å². The Morgan fingerprint density at radius 3 is 3.05 bits per heavy atom. The van der Waals surface area contributed by atoms with E-state index < -0.39 is 0 Å². The van der Waals surface area contributed by atoms with Gasteiger partial charge in [-0.1, -0.05) is 23.9 Å². The predicted octanol–water partition coefficient (Wildman–Crippen LogP) is 1.75. The van der Waals surface area contributed by atoms with Gasteiger partial charge in [-0.3, -0.25) is 14.3 Å². The molecule has 0 amide bonds. The molecule has 0 saturated carbocycles. The molecule has 1 fully saturated rings. The molecular formula is C16H21N3O2S. The van der Waals surface area contributed by atoms with Crippen LogP contribution in [0.5, 0.6) is 0 Å². The number of rotatable bonds is 4. The number of benzene rings is 1. The smallest absolute Gasteiger partial charge is 0.261 e. The number of hydrogen-bond donors (Lipinski definition) is 0. The standard InChI is InChI=1S/C16H21N3O2S/c1-12-11-19(7-9-21-12)8-10-22-16-17-14-6-4-3-5-13(14)15(20)18(16)2/h3-6,12H,7-11H2,1-2H3. The summed E-state index contributed by atoms with van der Waals surface area (Å²) in [5, 5.41) is 1.46. The summed E-state index contributed by atoms with van der Waals surface area (Å²) < 4.78 is 7.20. The SMILES string of the molecule is CC1CN(CCSc2nc3ccccc3c(=O)n2C)CCO1. The molecule has 1 atom stereocenters. The lowest BCUT2D eigenvalue weighted by molar-refractivity contribution is -0.0158. The van der Waals surface area contributed by atoms with Gasteiger partial charge in [0.15, 0.2) is 5.16 Å². The molecule has 2 aromatic rings. The van der Waals surface area contributed by atoms with Crippen LogP contribution in [0.2, 0.25) is 0 Å². The van der Waals surface area contributed by atoms with Gasteiger partial charge in [-0.25, -0.2) is 4.98 Å². The Morgan fingerprint density at radius 1 is 1.41 bits per heavy atom. The van der Waals surface area contributed by atoms with Gasteiger partial charge in [0.05, 0.1) is 23.6 Å². The first kappa shape index (κ1) is 15.5. The zero-order chi connectivity index (χ0) is 15.5. The Labute approximate surface area is 134 Å². The van der Waals surface area contributed by atoms with Crippen LogP contribution in [0, 0.1) is 0 Å². The van der Waals surface area contributed by atoms with Gasteiger partial charge in [0.1, 0.15) is 0 Å². The third-order valence-electron chi connectivity index (χ3n) is 3.91. The lowest BCUT2D eigenvalue weighted by atomic mass is 10.2. The number of fused-ring (bicyclic) bond motifs is 1. The molecule has 1 saturated heterocycles.